The zero-order valence-electron chi connectivity index (χ0n) is 12.4. The van der Waals surface area contributed by atoms with Crippen LogP contribution in [0.5, 0.6) is 0 Å². The first kappa shape index (κ1) is 16.4. The summed E-state index contributed by atoms with van der Waals surface area (Å²) in [6, 6.07) is 0. The zero-order valence-corrected chi connectivity index (χ0v) is 12.4. The number of nitrogens with zero attached hydrogens (tertiary/aromatic N) is 2. The number of piperidine rings is 1. The van der Waals surface area contributed by atoms with Gasteiger partial charge in [-0.15, -0.1) is 0 Å². The van der Waals surface area contributed by atoms with Crippen molar-refractivity contribution in [2.45, 2.75) is 26.7 Å². The predicted molar refractivity (Wildman–Crippen MR) is 77.5 cm³/mol. The van der Waals surface area contributed by atoms with E-state index in [0.717, 1.165) is 39.3 Å². The summed E-state index contributed by atoms with van der Waals surface area (Å²) in [5.41, 5.74) is 0. The van der Waals surface area contributed by atoms with Crippen LogP contribution >= 0.6 is 0 Å². The summed E-state index contributed by atoms with van der Waals surface area (Å²) in [7, 11) is 0. The van der Waals surface area contributed by atoms with Crippen LogP contribution in [0.2, 0.25) is 0 Å². The van der Waals surface area contributed by atoms with Gasteiger partial charge < -0.3 is 20.2 Å². The first-order valence-electron chi connectivity index (χ1n) is 7.52. The molecule has 5 nitrogen and oxygen atoms in total. The van der Waals surface area contributed by atoms with Gasteiger partial charge in [0.1, 0.15) is 0 Å². The van der Waals surface area contributed by atoms with Gasteiger partial charge in [-0.3, -0.25) is 4.79 Å². The Morgan fingerprint density at radius 3 is 2.79 bits per heavy atom. The lowest BCUT2D eigenvalue weighted by Crippen LogP contribution is -2.43. The largest absolute Gasteiger partial charge is 0.480 e. The number of hydrogen-bond donors (Lipinski definition) is 2. The highest BCUT2D eigenvalue weighted by molar-refractivity contribution is 5.68. The topological polar surface area (TPSA) is 55.8 Å². The summed E-state index contributed by atoms with van der Waals surface area (Å²) in [5.74, 6) is -0.168. The van der Waals surface area contributed by atoms with E-state index in [1.165, 1.54) is 19.4 Å². The predicted octanol–water partition coefficient (Wildman–Crippen LogP) is 0.714. The van der Waals surface area contributed by atoms with Crippen molar-refractivity contribution >= 4 is 5.97 Å². The van der Waals surface area contributed by atoms with Crippen molar-refractivity contribution in [3.05, 3.63) is 0 Å². The number of carboxylic acids is 1. The molecule has 1 atom stereocenters. The molecule has 0 saturated carbocycles. The maximum absolute atomic E-state index is 10.5. The molecule has 1 aliphatic heterocycles. The number of aliphatic carboxylic acids is 1. The van der Waals surface area contributed by atoms with E-state index in [2.05, 4.69) is 29.0 Å². The minimum Gasteiger partial charge on any atom is -0.480 e. The summed E-state index contributed by atoms with van der Waals surface area (Å²) < 4.78 is 0. The molecule has 0 bridgehead atoms. The Bertz CT molecular complexity index is 257. The lowest BCUT2D eigenvalue weighted by atomic mass is 9.98. The number of carboxylic acid groups (broad SMARTS) is 1. The third-order valence-electron chi connectivity index (χ3n) is 3.94. The van der Waals surface area contributed by atoms with Gasteiger partial charge in [-0.25, -0.2) is 0 Å². The second kappa shape index (κ2) is 9.28. The highest BCUT2D eigenvalue weighted by Gasteiger charge is 2.19. The Labute approximate surface area is 117 Å². The van der Waals surface area contributed by atoms with Gasteiger partial charge in [0, 0.05) is 19.6 Å². The summed E-state index contributed by atoms with van der Waals surface area (Å²) in [6.45, 7) is 12.1. The van der Waals surface area contributed by atoms with Gasteiger partial charge >= 0.3 is 5.97 Å². The average Bonchev–Trinajstić information content (AvgIpc) is 2.40. The van der Waals surface area contributed by atoms with E-state index in [1.54, 1.807) is 0 Å². The van der Waals surface area contributed by atoms with Crippen molar-refractivity contribution < 1.29 is 9.90 Å². The quantitative estimate of drug-likeness (QED) is 0.647. The molecular weight excluding hydrogens is 242 g/mol. The molecule has 0 aromatic carbocycles. The van der Waals surface area contributed by atoms with Gasteiger partial charge in [0.05, 0.1) is 6.54 Å². The fourth-order valence-corrected chi connectivity index (χ4v) is 2.73. The maximum atomic E-state index is 10.5. The third-order valence-corrected chi connectivity index (χ3v) is 3.94. The van der Waals surface area contributed by atoms with E-state index < -0.39 is 5.97 Å². The van der Waals surface area contributed by atoms with E-state index in [9.17, 15) is 4.79 Å². The third kappa shape index (κ3) is 6.89. The summed E-state index contributed by atoms with van der Waals surface area (Å²) in [5, 5.41) is 11.6. The van der Waals surface area contributed by atoms with Crippen LogP contribution in [0.3, 0.4) is 0 Å². The van der Waals surface area contributed by atoms with Crippen molar-refractivity contribution in [3.8, 4) is 0 Å². The number of hydrogen-bond acceptors (Lipinski definition) is 4. The van der Waals surface area contributed by atoms with E-state index in [4.69, 9.17) is 5.11 Å². The standard InChI is InChI=1S/C14H29N3O2/c1-3-16(4-2)8-9-17-7-5-6-13(12-17)10-15-11-14(18)19/h13,15H,3-12H2,1-2H3,(H,18,19). The molecule has 1 fully saturated rings. The van der Waals surface area contributed by atoms with Gasteiger partial charge in [0.2, 0.25) is 0 Å². The smallest absolute Gasteiger partial charge is 0.317 e. The molecule has 0 aromatic heterocycles. The van der Waals surface area contributed by atoms with Crippen LogP contribution in [-0.2, 0) is 4.79 Å². The molecule has 0 amide bonds. The SMILES string of the molecule is CCN(CC)CCN1CCCC(CNCC(=O)O)C1. The van der Waals surface area contributed by atoms with Crippen molar-refractivity contribution in [1.29, 1.82) is 0 Å². The first-order valence-corrected chi connectivity index (χ1v) is 7.52. The molecule has 1 aliphatic rings. The zero-order chi connectivity index (χ0) is 14.1. The van der Waals surface area contributed by atoms with Crippen LogP contribution in [0.15, 0.2) is 0 Å². The highest BCUT2D eigenvalue weighted by atomic mass is 16.4. The normalized spacial score (nSPS) is 20.9. The highest BCUT2D eigenvalue weighted by Crippen LogP contribution is 2.15. The number of carbonyl (C=O) groups is 1. The number of likely N-dealkylation sites (tertiary alicyclic amines) is 1. The van der Waals surface area contributed by atoms with Crippen LogP contribution in [0.4, 0.5) is 0 Å². The number of nitrogens with one attached hydrogen (secondary N) is 1. The molecule has 19 heavy (non-hydrogen) atoms. The molecule has 5 heteroatoms. The molecule has 1 unspecified atom stereocenters. The van der Waals surface area contributed by atoms with E-state index >= 15 is 0 Å². The van der Waals surface area contributed by atoms with Crippen molar-refractivity contribution in [1.82, 2.24) is 15.1 Å². The van der Waals surface area contributed by atoms with Gasteiger partial charge in [-0.1, -0.05) is 13.8 Å². The Hall–Kier alpha value is -0.650. The Balaban J connectivity index is 2.20. The van der Waals surface area contributed by atoms with Crippen LogP contribution in [-0.4, -0.2) is 73.2 Å². The molecule has 0 aromatic rings. The van der Waals surface area contributed by atoms with Crippen LogP contribution in [0, 0.1) is 5.92 Å². The van der Waals surface area contributed by atoms with Crippen molar-refractivity contribution in [2.75, 3.05) is 52.4 Å². The lowest BCUT2D eigenvalue weighted by molar-refractivity contribution is -0.136. The summed E-state index contributed by atoms with van der Waals surface area (Å²) in [4.78, 5) is 15.4. The second-order valence-corrected chi connectivity index (χ2v) is 5.36. The van der Waals surface area contributed by atoms with E-state index in [-0.39, 0.29) is 6.54 Å². The molecule has 1 rings (SSSR count). The molecular formula is C14H29N3O2. The van der Waals surface area contributed by atoms with Gasteiger partial charge in [-0.2, -0.15) is 0 Å². The fourth-order valence-electron chi connectivity index (χ4n) is 2.73. The first-order chi connectivity index (χ1) is 9.15. The molecule has 2 N–H and O–H groups in total. The van der Waals surface area contributed by atoms with E-state index in [0.29, 0.717) is 5.92 Å². The summed E-state index contributed by atoms with van der Waals surface area (Å²) in [6.07, 6.45) is 2.45. The van der Waals surface area contributed by atoms with Crippen LogP contribution in [0.25, 0.3) is 0 Å². The Morgan fingerprint density at radius 1 is 1.42 bits per heavy atom. The minimum absolute atomic E-state index is 0.0793. The fraction of sp³-hybridized carbons (Fsp3) is 0.929. The summed E-state index contributed by atoms with van der Waals surface area (Å²) >= 11 is 0. The van der Waals surface area contributed by atoms with Gasteiger partial charge in [-0.05, 0) is 44.9 Å². The molecule has 1 heterocycles. The maximum Gasteiger partial charge on any atom is 0.317 e. The molecule has 0 radical (unpaired) electrons. The number of likely N-dealkylation sites (N-methyl/N-ethyl adjacent to an activating group) is 1. The van der Waals surface area contributed by atoms with Crippen LogP contribution in [0.1, 0.15) is 26.7 Å². The van der Waals surface area contributed by atoms with E-state index in [1.807, 2.05) is 0 Å². The average molecular weight is 271 g/mol. The van der Waals surface area contributed by atoms with Gasteiger partial charge in [0.25, 0.3) is 0 Å². The van der Waals surface area contributed by atoms with Crippen LogP contribution < -0.4 is 5.32 Å². The second-order valence-electron chi connectivity index (χ2n) is 5.36. The Kier molecular flexibility index (Phi) is 8.02. The molecule has 0 spiro atoms. The minimum atomic E-state index is -0.769. The van der Waals surface area contributed by atoms with Crippen molar-refractivity contribution in [2.24, 2.45) is 5.92 Å². The Morgan fingerprint density at radius 2 is 2.16 bits per heavy atom. The molecule has 112 valence electrons. The van der Waals surface area contributed by atoms with Crippen molar-refractivity contribution in [3.63, 3.8) is 0 Å². The number of rotatable bonds is 9. The molecule has 0 aliphatic carbocycles. The lowest BCUT2D eigenvalue weighted by Gasteiger charge is -2.34. The molecule has 1 saturated heterocycles. The van der Waals surface area contributed by atoms with Gasteiger partial charge in [0.15, 0.2) is 0 Å². The monoisotopic (exact) mass is 271 g/mol.